The van der Waals surface area contributed by atoms with Crippen LogP contribution in [-0.4, -0.2) is 0 Å². The summed E-state index contributed by atoms with van der Waals surface area (Å²) in [5.41, 5.74) is 0. The molecule has 0 aromatic heterocycles. The van der Waals surface area contributed by atoms with Crippen molar-refractivity contribution >= 4 is 0 Å². The normalized spacial score (nSPS) is 43.3. The molecule has 0 heteroatoms. The Morgan fingerprint density at radius 3 is 2.08 bits per heavy atom. The maximum atomic E-state index is 3.81. The Balaban J connectivity index is 2.47. The van der Waals surface area contributed by atoms with Gasteiger partial charge in [-0.15, -0.1) is 6.58 Å². The summed E-state index contributed by atoms with van der Waals surface area (Å²) in [4.78, 5) is 0. The second-order valence-corrected chi connectivity index (χ2v) is 4.66. The zero-order chi connectivity index (χ0) is 9.30. The molecule has 0 bridgehead atoms. The zero-order valence-electron chi connectivity index (χ0n) is 8.88. The summed E-state index contributed by atoms with van der Waals surface area (Å²) < 4.78 is 0. The SMILES string of the molecule is C=CCC(C)C1C(C)C(C)C1C. The van der Waals surface area contributed by atoms with Gasteiger partial charge in [-0.3, -0.25) is 0 Å². The molecule has 3 unspecified atom stereocenters. The number of hydrogen-bond donors (Lipinski definition) is 0. The van der Waals surface area contributed by atoms with E-state index in [4.69, 9.17) is 0 Å². The molecule has 0 heterocycles. The van der Waals surface area contributed by atoms with Gasteiger partial charge in [0.2, 0.25) is 0 Å². The molecule has 0 spiro atoms. The lowest BCUT2D eigenvalue weighted by molar-refractivity contribution is -0.0216. The topological polar surface area (TPSA) is 0 Å². The van der Waals surface area contributed by atoms with Crippen molar-refractivity contribution in [2.75, 3.05) is 0 Å². The first-order chi connectivity index (χ1) is 5.59. The Kier molecular flexibility index (Phi) is 2.98. The first-order valence-corrected chi connectivity index (χ1v) is 5.20. The van der Waals surface area contributed by atoms with Crippen molar-refractivity contribution in [3.8, 4) is 0 Å². The fourth-order valence-corrected chi connectivity index (χ4v) is 2.97. The summed E-state index contributed by atoms with van der Waals surface area (Å²) >= 11 is 0. The standard InChI is InChI=1S/C12H22/c1-6-7-8(2)12-10(4)9(3)11(12)5/h6,8-12H,1,7H2,2-5H3. The average Bonchev–Trinajstić information content (AvgIpc) is 2.05. The Hall–Kier alpha value is -0.260. The third-order valence-corrected chi connectivity index (χ3v) is 4.07. The maximum absolute atomic E-state index is 3.81. The van der Waals surface area contributed by atoms with Crippen LogP contribution in [0.3, 0.4) is 0 Å². The Labute approximate surface area is 77.1 Å². The molecule has 0 amide bonds. The second-order valence-electron chi connectivity index (χ2n) is 4.66. The average molecular weight is 166 g/mol. The van der Waals surface area contributed by atoms with Crippen LogP contribution in [0.1, 0.15) is 34.1 Å². The molecule has 3 atom stereocenters. The van der Waals surface area contributed by atoms with Crippen molar-refractivity contribution in [3.63, 3.8) is 0 Å². The summed E-state index contributed by atoms with van der Waals surface area (Å²) in [5, 5.41) is 0. The van der Waals surface area contributed by atoms with E-state index < -0.39 is 0 Å². The third-order valence-electron chi connectivity index (χ3n) is 4.07. The van der Waals surface area contributed by atoms with Gasteiger partial charge in [-0.25, -0.2) is 0 Å². The van der Waals surface area contributed by atoms with E-state index in [0.29, 0.717) is 0 Å². The zero-order valence-corrected chi connectivity index (χ0v) is 8.88. The van der Waals surface area contributed by atoms with Crippen LogP contribution in [0.15, 0.2) is 12.7 Å². The van der Waals surface area contributed by atoms with Crippen LogP contribution in [0.25, 0.3) is 0 Å². The Morgan fingerprint density at radius 2 is 1.67 bits per heavy atom. The minimum Gasteiger partial charge on any atom is -0.103 e. The predicted molar refractivity (Wildman–Crippen MR) is 55.0 cm³/mol. The molecule has 1 saturated carbocycles. The van der Waals surface area contributed by atoms with Crippen molar-refractivity contribution in [1.82, 2.24) is 0 Å². The highest BCUT2D eigenvalue weighted by atomic mass is 14.5. The van der Waals surface area contributed by atoms with Gasteiger partial charge in [0.1, 0.15) is 0 Å². The Morgan fingerprint density at radius 1 is 1.17 bits per heavy atom. The van der Waals surface area contributed by atoms with Crippen molar-refractivity contribution < 1.29 is 0 Å². The minimum absolute atomic E-state index is 0.837. The highest BCUT2D eigenvalue weighted by Gasteiger charge is 2.43. The molecule has 70 valence electrons. The third kappa shape index (κ3) is 1.44. The van der Waals surface area contributed by atoms with Gasteiger partial charge in [0.05, 0.1) is 0 Å². The molecule has 1 aliphatic carbocycles. The van der Waals surface area contributed by atoms with Crippen LogP contribution in [0.2, 0.25) is 0 Å². The summed E-state index contributed by atoms with van der Waals surface area (Å²) in [6.45, 7) is 13.4. The van der Waals surface area contributed by atoms with Gasteiger partial charge in [0, 0.05) is 0 Å². The molecule has 12 heavy (non-hydrogen) atoms. The molecule has 0 aliphatic heterocycles. The molecule has 0 aromatic carbocycles. The van der Waals surface area contributed by atoms with Gasteiger partial charge in [-0.2, -0.15) is 0 Å². The molecule has 0 nitrogen and oxygen atoms in total. The lowest BCUT2D eigenvalue weighted by Crippen LogP contribution is -2.45. The van der Waals surface area contributed by atoms with Crippen LogP contribution in [0, 0.1) is 29.6 Å². The molecule has 0 radical (unpaired) electrons. The number of hydrogen-bond acceptors (Lipinski definition) is 0. The van der Waals surface area contributed by atoms with Gasteiger partial charge in [0.15, 0.2) is 0 Å². The van der Waals surface area contributed by atoms with E-state index in [9.17, 15) is 0 Å². The summed E-state index contributed by atoms with van der Waals surface area (Å²) in [6, 6.07) is 0. The van der Waals surface area contributed by atoms with Crippen molar-refractivity contribution in [3.05, 3.63) is 12.7 Å². The fraction of sp³-hybridized carbons (Fsp3) is 0.833. The van der Waals surface area contributed by atoms with Crippen molar-refractivity contribution in [2.24, 2.45) is 29.6 Å². The smallest absolute Gasteiger partial charge is 0.0325 e. The molecule has 1 fully saturated rings. The largest absolute Gasteiger partial charge is 0.103 e. The summed E-state index contributed by atoms with van der Waals surface area (Å²) in [5.74, 6) is 4.56. The quantitative estimate of drug-likeness (QED) is 0.560. The van der Waals surface area contributed by atoms with E-state index in [1.165, 1.54) is 6.42 Å². The highest BCUT2D eigenvalue weighted by molar-refractivity contribution is 4.93. The molecule has 0 N–H and O–H groups in total. The molecule has 1 aliphatic rings. The van der Waals surface area contributed by atoms with Gasteiger partial charge in [-0.1, -0.05) is 33.8 Å². The van der Waals surface area contributed by atoms with Crippen LogP contribution in [0.4, 0.5) is 0 Å². The lowest BCUT2D eigenvalue weighted by atomic mass is 9.54. The number of allylic oxidation sites excluding steroid dienone is 1. The number of rotatable bonds is 3. The van der Waals surface area contributed by atoms with Crippen molar-refractivity contribution in [2.45, 2.75) is 34.1 Å². The molecular weight excluding hydrogens is 144 g/mol. The van der Waals surface area contributed by atoms with Gasteiger partial charge < -0.3 is 0 Å². The van der Waals surface area contributed by atoms with Gasteiger partial charge in [0.25, 0.3) is 0 Å². The van der Waals surface area contributed by atoms with E-state index in [1.54, 1.807) is 0 Å². The fourth-order valence-electron chi connectivity index (χ4n) is 2.97. The molecular formula is C12H22. The maximum Gasteiger partial charge on any atom is -0.0325 e. The minimum atomic E-state index is 0.837. The van der Waals surface area contributed by atoms with Crippen LogP contribution < -0.4 is 0 Å². The second kappa shape index (κ2) is 3.64. The van der Waals surface area contributed by atoms with E-state index in [-0.39, 0.29) is 0 Å². The lowest BCUT2D eigenvalue weighted by Gasteiger charge is -2.51. The monoisotopic (exact) mass is 166 g/mol. The molecule has 1 rings (SSSR count). The van der Waals surface area contributed by atoms with Crippen LogP contribution in [-0.2, 0) is 0 Å². The highest BCUT2D eigenvalue weighted by Crippen LogP contribution is 2.49. The van der Waals surface area contributed by atoms with E-state index >= 15 is 0 Å². The predicted octanol–water partition coefficient (Wildman–Crippen LogP) is 3.74. The first kappa shape index (κ1) is 9.83. The van der Waals surface area contributed by atoms with Gasteiger partial charge >= 0.3 is 0 Å². The van der Waals surface area contributed by atoms with E-state index in [1.807, 2.05) is 0 Å². The summed E-state index contributed by atoms with van der Waals surface area (Å²) in [6.07, 6.45) is 3.25. The molecule has 0 aromatic rings. The molecule has 0 saturated heterocycles. The van der Waals surface area contributed by atoms with E-state index in [2.05, 4.69) is 40.3 Å². The van der Waals surface area contributed by atoms with Crippen LogP contribution in [0.5, 0.6) is 0 Å². The first-order valence-electron chi connectivity index (χ1n) is 5.20. The van der Waals surface area contributed by atoms with Gasteiger partial charge in [-0.05, 0) is 36.0 Å². The van der Waals surface area contributed by atoms with Crippen LogP contribution >= 0.6 is 0 Å². The Bertz CT molecular complexity index is 149. The van der Waals surface area contributed by atoms with Crippen molar-refractivity contribution in [1.29, 1.82) is 0 Å². The van der Waals surface area contributed by atoms with E-state index in [0.717, 1.165) is 29.6 Å². The summed E-state index contributed by atoms with van der Waals surface area (Å²) in [7, 11) is 0.